The molecular formula is C19H16O7. The lowest BCUT2D eigenvalue weighted by Gasteiger charge is -2.37. The van der Waals surface area contributed by atoms with Crippen LogP contribution in [0, 0.1) is 0 Å². The molecule has 0 unspecified atom stereocenters. The highest BCUT2D eigenvalue weighted by molar-refractivity contribution is 6.05. The van der Waals surface area contributed by atoms with Gasteiger partial charge in [-0.1, -0.05) is 0 Å². The zero-order valence-electron chi connectivity index (χ0n) is 14.2. The SMILES string of the molecule is COc1ccc2c(c1)O[C@@H]1COc3c(cc(OC)c4c3OCO4)[C@@H]1C2=O. The van der Waals surface area contributed by atoms with E-state index in [0.29, 0.717) is 45.6 Å². The molecule has 7 heteroatoms. The van der Waals surface area contributed by atoms with Crippen LogP contribution in [0.3, 0.4) is 0 Å². The molecule has 3 heterocycles. The lowest BCUT2D eigenvalue weighted by molar-refractivity contribution is 0.0548. The van der Waals surface area contributed by atoms with Crippen molar-refractivity contribution in [1.82, 2.24) is 0 Å². The number of methoxy groups -OCH3 is 2. The summed E-state index contributed by atoms with van der Waals surface area (Å²) in [6.45, 7) is 0.328. The van der Waals surface area contributed by atoms with E-state index in [1.165, 1.54) is 0 Å². The van der Waals surface area contributed by atoms with Crippen molar-refractivity contribution >= 4 is 5.78 Å². The largest absolute Gasteiger partial charge is 0.497 e. The fraction of sp³-hybridized carbons (Fsp3) is 0.316. The third-order valence-electron chi connectivity index (χ3n) is 4.93. The Balaban J connectivity index is 1.65. The van der Waals surface area contributed by atoms with E-state index in [2.05, 4.69) is 0 Å². The summed E-state index contributed by atoms with van der Waals surface area (Å²) in [5, 5.41) is 0. The van der Waals surface area contributed by atoms with Gasteiger partial charge in [-0.05, 0) is 18.2 Å². The van der Waals surface area contributed by atoms with Gasteiger partial charge in [-0.2, -0.15) is 0 Å². The van der Waals surface area contributed by atoms with Crippen molar-refractivity contribution in [1.29, 1.82) is 0 Å². The number of hydrogen-bond donors (Lipinski definition) is 0. The van der Waals surface area contributed by atoms with Crippen LogP contribution in [0.5, 0.6) is 34.5 Å². The summed E-state index contributed by atoms with van der Waals surface area (Å²) >= 11 is 0. The molecule has 0 fully saturated rings. The molecule has 5 rings (SSSR count). The van der Waals surface area contributed by atoms with Crippen LogP contribution in [0.15, 0.2) is 24.3 Å². The highest BCUT2D eigenvalue weighted by Crippen LogP contribution is 2.55. The van der Waals surface area contributed by atoms with Crippen LogP contribution >= 0.6 is 0 Å². The number of fused-ring (bicyclic) bond motifs is 6. The molecule has 134 valence electrons. The van der Waals surface area contributed by atoms with E-state index in [0.717, 1.165) is 0 Å². The second-order valence-corrected chi connectivity index (χ2v) is 6.23. The Morgan fingerprint density at radius 3 is 2.65 bits per heavy atom. The fourth-order valence-electron chi connectivity index (χ4n) is 3.70. The van der Waals surface area contributed by atoms with Gasteiger partial charge in [0.2, 0.25) is 18.3 Å². The first kappa shape index (κ1) is 15.2. The summed E-state index contributed by atoms with van der Waals surface area (Å²) in [5.74, 6) is 2.63. The van der Waals surface area contributed by atoms with Crippen LogP contribution in [0.1, 0.15) is 21.8 Å². The Morgan fingerprint density at radius 2 is 1.85 bits per heavy atom. The fourth-order valence-corrected chi connectivity index (χ4v) is 3.70. The van der Waals surface area contributed by atoms with Crippen LogP contribution in [-0.4, -0.2) is 39.5 Å². The van der Waals surface area contributed by atoms with Gasteiger partial charge < -0.3 is 28.4 Å². The van der Waals surface area contributed by atoms with Crippen molar-refractivity contribution in [2.75, 3.05) is 27.6 Å². The minimum atomic E-state index is -0.497. The van der Waals surface area contributed by atoms with Crippen LogP contribution < -0.4 is 28.4 Å². The van der Waals surface area contributed by atoms with Crippen molar-refractivity contribution in [3.63, 3.8) is 0 Å². The number of Topliss-reactive ketones (excluding diaryl/α,β-unsaturated/α-hetero) is 1. The molecule has 7 nitrogen and oxygen atoms in total. The predicted molar refractivity (Wildman–Crippen MR) is 89.1 cm³/mol. The van der Waals surface area contributed by atoms with Gasteiger partial charge in [0.05, 0.1) is 25.7 Å². The van der Waals surface area contributed by atoms with E-state index in [1.54, 1.807) is 38.5 Å². The van der Waals surface area contributed by atoms with Gasteiger partial charge in [0.1, 0.15) is 24.2 Å². The first-order valence-corrected chi connectivity index (χ1v) is 8.23. The molecule has 3 aliphatic heterocycles. The van der Waals surface area contributed by atoms with E-state index < -0.39 is 12.0 Å². The topological polar surface area (TPSA) is 72.5 Å². The van der Waals surface area contributed by atoms with Crippen LogP contribution in [0.25, 0.3) is 0 Å². The third-order valence-corrected chi connectivity index (χ3v) is 4.93. The second-order valence-electron chi connectivity index (χ2n) is 6.23. The van der Waals surface area contributed by atoms with Crippen molar-refractivity contribution in [3.8, 4) is 34.5 Å². The van der Waals surface area contributed by atoms with E-state index >= 15 is 0 Å². The lowest BCUT2D eigenvalue weighted by atomic mass is 9.81. The smallest absolute Gasteiger partial charge is 0.231 e. The Labute approximate surface area is 149 Å². The van der Waals surface area contributed by atoms with Gasteiger partial charge in [-0.15, -0.1) is 0 Å². The molecule has 0 saturated heterocycles. The Kier molecular flexibility index (Phi) is 3.19. The maximum Gasteiger partial charge on any atom is 0.231 e. The number of hydrogen-bond acceptors (Lipinski definition) is 7. The van der Waals surface area contributed by atoms with Gasteiger partial charge in [-0.25, -0.2) is 0 Å². The number of carbonyl (C=O) groups is 1. The number of ketones is 1. The first-order chi connectivity index (χ1) is 12.7. The van der Waals surface area contributed by atoms with E-state index in [-0.39, 0.29) is 19.2 Å². The molecule has 0 spiro atoms. The molecule has 0 radical (unpaired) electrons. The number of carbonyl (C=O) groups excluding carboxylic acids is 1. The third kappa shape index (κ3) is 1.97. The molecule has 0 bridgehead atoms. The number of ether oxygens (including phenoxy) is 6. The van der Waals surface area contributed by atoms with Crippen LogP contribution in [0.2, 0.25) is 0 Å². The first-order valence-electron chi connectivity index (χ1n) is 8.23. The average Bonchev–Trinajstić information content (AvgIpc) is 3.16. The van der Waals surface area contributed by atoms with Crippen LogP contribution in [0.4, 0.5) is 0 Å². The van der Waals surface area contributed by atoms with Gasteiger partial charge >= 0.3 is 0 Å². The molecule has 0 N–H and O–H groups in total. The second kappa shape index (κ2) is 5.45. The number of rotatable bonds is 2. The molecule has 0 aromatic heterocycles. The predicted octanol–water partition coefficient (Wildman–Crippen LogP) is 2.55. The molecule has 0 aliphatic carbocycles. The van der Waals surface area contributed by atoms with Gasteiger partial charge in [0, 0.05) is 11.6 Å². The van der Waals surface area contributed by atoms with Crippen molar-refractivity contribution < 1.29 is 33.2 Å². The molecule has 0 saturated carbocycles. The minimum Gasteiger partial charge on any atom is -0.497 e. The van der Waals surface area contributed by atoms with Crippen LogP contribution in [-0.2, 0) is 0 Å². The molecule has 0 amide bonds. The van der Waals surface area contributed by atoms with Crippen molar-refractivity contribution in [2.24, 2.45) is 0 Å². The molecule has 2 atom stereocenters. The maximum absolute atomic E-state index is 13.2. The van der Waals surface area contributed by atoms with Gasteiger partial charge in [-0.3, -0.25) is 4.79 Å². The highest BCUT2D eigenvalue weighted by atomic mass is 16.7. The standard InChI is InChI=1S/C19H16O7/c1-21-9-3-4-10-12(5-9)26-14-7-23-17-11(15(14)16(10)20)6-13(22-2)18-19(17)25-8-24-18/h3-6,14-15H,7-8H2,1-2H3/t14-,15+/m1/s1. The average molecular weight is 356 g/mol. The normalized spacial score (nSPS) is 21.7. The summed E-state index contributed by atoms with van der Waals surface area (Å²) in [6.07, 6.45) is -0.431. The molecule has 26 heavy (non-hydrogen) atoms. The number of benzene rings is 2. The minimum absolute atomic E-state index is 0.0237. The molecule has 2 aromatic carbocycles. The molecule has 2 aromatic rings. The van der Waals surface area contributed by atoms with E-state index in [9.17, 15) is 4.79 Å². The van der Waals surface area contributed by atoms with E-state index in [1.807, 2.05) is 0 Å². The quantitative estimate of drug-likeness (QED) is 0.819. The van der Waals surface area contributed by atoms with Gasteiger partial charge in [0.25, 0.3) is 0 Å². The zero-order chi connectivity index (χ0) is 17.8. The van der Waals surface area contributed by atoms with Gasteiger partial charge in [0.15, 0.2) is 17.3 Å². The summed E-state index contributed by atoms with van der Waals surface area (Å²) in [4.78, 5) is 13.2. The Bertz CT molecular complexity index is 921. The summed E-state index contributed by atoms with van der Waals surface area (Å²) in [7, 11) is 3.12. The Morgan fingerprint density at radius 1 is 1.00 bits per heavy atom. The van der Waals surface area contributed by atoms with Crippen molar-refractivity contribution in [2.45, 2.75) is 12.0 Å². The van der Waals surface area contributed by atoms with E-state index in [4.69, 9.17) is 28.4 Å². The molecule has 3 aliphatic rings. The Hall–Kier alpha value is -3.09. The monoisotopic (exact) mass is 356 g/mol. The summed E-state index contributed by atoms with van der Waals surface area (Å²) in [5.41, 5.74) is 1.21. The highest BCUT2D eigenvalue weighted by Gasteiger charge is 2.45. The summed E-state index contributed by atoms with van der Waals surface area (Å²) in [6, 6.07) is 6.97. The lowest BCUT2D eigenvalue weighted by Crippen LogP contribution is -2.43. The zero-order valence-corrected chi connectivity index (χ0v) is 14.2. The maximum atomic E-state index is 13.2. The molecular weight excluding hydrogens is 340 g/mol. The summed E-state index contributed by atoms with van der Waals surface area (Å²) < 4.78 is 33.6. The van der Waals surface area contributed by atoms with Crippen molar-refractivity contribution in [3.05, 3.63) is 35.4 Å².